The van der Waals surface area contributed by atoms with Gasteiger partial charge >= 0.3 is 0 Å². The van der Waals surface area contributed by atoms with Gasteiger partial charge in [0.25, 0.3) is 0 Å². The average Bonchev–Trinajstić information content (AvgIpc) is 3.23. The number of methoxy groups -OCH3 is 1. The monoisotopic (exact) mass is 343 g/mol. The van der Waals surface area contributed by atoms with E-state index < -0.39 is 0 Å². The van der Waals surface area contributed by atoms with E-state index in [4.69, 9.17) is 9.72 Å². The third-order valence-corrected chi connectivity index (χ3v) is 4.98. The summed E-state index contributed by atoms with van der Waals surface area (Å²) in [5.41, 5.74) is 5.41. The second-order valence-corrected chi connectivity index (χ2v) is 6.65. The molecule has 122 valence electrons. The van der Waals surface area contributed by atoms with Crippen molar-refractivity contribution in [2.24, 2.45) is 0 Å². The molecule has 0 aliphatic carbocycles. The minimum Gasteiger partial charge on any atom is -0.497 e. The standard InChI is InChI=1S/C22H17NOS/c1-24-19-11-9-17(10-12-19)20-14-18(16-6-3-2-4-7-16)15-21(23-20)22-8-5-13-25-22/h2-15H,1H3. The summed E-state index contributed by atoms with van der Waals surface area (Å²) >= 11 is 1.71. The van der Waals surface area contributed by atoms with Crippen LogP contribution in [0.2, 0.25) is 0 Å². The van der Waals surface area contributed by atoms with E-state index in [-0.39, 0.29) is 0 Å². The van der Waals surface area contributed by atoms with E-state index in [0.29, 0.717) is 0 Å². The molecule has 2 aromatic heterocycles. The van der Waals surface area contributed by atoms with Crippen molar-refractivity contribution in [3.63, 3.8) is 0 Å². The zero-order valence-corrected chi connectivity index (χ0v) is 14.7. The van der Waals surface area contributed by atoms with Crippen LogP contribution in [0.15, 0.2) is 84.2 Å². The largest absolute Gasteiger partial charge is 0.497 e. The predicted molar refractivity (Wildman–Crippen MR) is 105 cm³/mol. The molecule has 2 heterocycles. The second-order valence-electron chi connectivity index (χ2n) is 5.70. The van der Waals surface area contributed by atoms with E-state index in [2.05, 4.69) is 53.9 Å². The Labute approximate surface area is 151 Å². The summed E-state index contributed by atoms with van der Waals surface area (Å²) in [5, 5.41) is 2.08. The molecule has 25 heavy (non-hydrogen) atoms. The van der Waals surface area contributed by atoms with Gasteiger partial charge in [0.05, 0.1) is 23.4 Å². The molecule has 0 N–H and O–H groups in total. The molecule has 0 saturated heterocycles. The molecule has 4 aromatic rings. The summed E-state index contributed by atoms with van der Waals surface area (Å²) in [5.74, 6) is 0.849. The van der Waals surface area contributed by atoms with Gasteiger partial charge in [0, 0.05) is 5.56 Å². The van der Waals surface area contributed by atoms with Crippen molar-refractivity contribution >= 4 is 11.3 Å². The molecule has 4 rings (SSSR count). The summed E-state index contributed by atoms with van der Waals surface area (Å²) in [6.07, 6.45) is 0. The minimum atomic E-state index is 0.849. The molecule has 0 amide bonds. The van der Waals surface area contributed by atoms with Crippen LogP contribution in [-0.4, -0.2) is 12.1 Å². The maximum absolute atomic E-state index is 5.26. The van der Waals surface area contributed by atoms with Crippen LogP contribution in [0, 0.1) is 0 Å². The van der Waals surface area contributed by atoms with E-state index in [9.17, 15) is 0 Å². The fourth-order valence-corrected chi connectivity index (χ4v) is 3.47. The molecule has 0 aliphatic rings. The first-order valence-corrected chi connectivity index (χ1v) is 8.97. The van der Waals surface area contributed by atoms with Gasteiger partial charge in [-0.25, -0.2) is 4.98 Å². The lowest BCUT2D eigenvalue weighted by Crippen LogP contribution is -1.90. The minimum absolute atomic E-state index is 0.849. The van der Waals surface area contributed by atoms with Gasteiger partial charge in [0.15, 0.2) is 0 Å². The van der Waals surface area contributed by atoms with E-state index in [1.807, 2.05) is 30.3 Å². The van der Waals surface area contributed by atoms with Crippen LogP contribution in [0.5, 0.6) is 5.75 Å². The lowest BCUT2D eigenvalue weighted by Gasteiger charge is -2.09. The van der Waals surface area contributed by atoms with Gasteiger partial charge in [0.1, 0.15) is 5.75 Å². The topological polar surface area (TPSA) is 22.1 Å². The molecular weight excluding hydrogens is 326 g/mol. The van der Waals surface area contributed by atoms with Crippen LogP contribution in [0.25, 0.3) is 33.0 Å². The van der Waals surface area contributed by atoms with Gasteiger partial charge in [-0.3, -0.25) is 0 Å². The van der Waals surface area contributed by atoms with Gasteiger partial charge in [-0.15, -0.1) is 11.3 Å². The molecule has 0 bridgehead atoms. The van der Waals surface area contributed by atoms with E-state index >= 15 is 0 Å². The Morgan fingerprint density at radius 3 is 2.16 bits per heavy atom. The van der Waals surface area contributed by atoms with Crippen LogP contribution in [0.1, 0.15) is 0 Å². The first kappa shape index (κ1) is 15.6. The van der Waals surface area contributed by atoms with Crippen molar-refractivity contribution in [1.82, 2.24) is 4.98 Å². The summed E-state index contributed by atoms with van der Waals surface area (Å²) in [6, 6.07) is 26.9. The Kier molecular flexibility index (Phi) is 4.32. The van der Waals surface area contributed by atoms with Gasteiger partial charge in [0.2, 0.25) is 0 Å². The summed E-state index contributed by atoms with van der Waals surface area (Å²) in [4.78, 5) is 6.07. The first-order chi connectivity index (χ1) is 12.3. The maximum atomic E-state index is 5.26. The lowest BCUT2D eigenvalue weighted by molar-refractivity contribution is 0.415. The zero-order chi connectivity index (χ0) is 17.1. The molecule has 0 radical (unpaired) electrons. The van der Waals surface area contributed by atoms with Crippen LogP contribution in [-0.2, 0) is 0 Å². The van der Waals surface area contributed by atoms with Gasteiger partial charge in [-0.1, -0.05) is 36.4 Å². The highest BCUT2D eigenvalue weighted by Gasteiger charge is 2.09. The number of nitrogens with zero attached hydrogens (tertiary/aromatic N) is 1. The Morgan fingerprint density at radius 1 is 0.720 bits per heavy atom. The molecule has 0 spiro atoms. The number of pyridine rings is 1. The molecule has 2 aromatic carbocycles. The normalized spacial score (nSPS) is 10.6. The molecule has 0 atom stereocenters. The highest BCUT2D eigenvalue weighted by Crippen LogP contribution is 2.32. The fraction of sp³-hybridized carbons (Fsp3) is 0.0455. The second kappa shape index (κ2) is 6.91. The summed E-state index contributed by atoms with van der Waals surface area (Å²) < 4.78 is 5.26. The van der Waals surface area contributed by atoms with Gasteiger partial charge in [-0.2, -0.15) is 0 Å². The highest BCUT2D eigenvalue weighted by atomic mass is 32.1. The highest BCUT2D eigenvalue weighted by molar-refractivity contribution is 7.13. The average molecular weight is 343 g/mol. The molecule has 0 unspecified atom stereocenters. The predicted octanol–water partition coefficient (Wildman–Crippen LogP) is 6.15. The Balaban J connectivity index is 1.86. The number of benzene rings is 2. The van der Waals surface area contributed by atoms with Crippen molar-refractivity contribution in [3.05, 3.63) is 84.2 Å². The SMILES string of the molecule is COc1ccc(-c2cc(-c3ccccc3)cc(-c3cccs3)n2)cc1. The van der Waals surface area contributed by atoms with Gasteiger partial charge < -0.3 is 4.74 Å². The number of rotatable bonds is 4. The Bertz CT molecular complexity index is 961. The maximum Gasteiger partial charge on any atom is 0.118 e. The first-order valence-electron chi connectivity index (χ1n) is 8.09. The molecule has 2 nitrogen and oxygen atoms in total. The third kappa shape index (κ3) is 3.32. The van der Waals surface area contributed by atoms with Crippen LogP contribution in [0.4, 0.5) is 0 Å². The number of hydrogen-bond acceptors (Lipinski definition) is 3. The number of aromatic nitrogens is 1. The van der Waals surface area contributed by atoms with Crippen LogP contribution < -0.4 is 4.74 Å². The van der Waals surface area contributed by atoms with Gasteiger partial charge in [-0.05, 0) is 59.0 Å². The quantitative estimate of drug-likeness (QED) is 0.443. The molecule has 3 heteroatoms. The van der Waals surface area contributed by atoms with Crippen LogP contribution >= 0.6 is 11.3 Å². The molecule has 0 fully saturated rings. The Hall–Kier alpha value is -2.91. The summed E-state index contributed by atoms with van der Waals surface area (Å²) in [7, 11) is 1.68. The Morgan fingerprint density at radius 2 is 1.48 bits per heavy atom. The zero-order valence-electron chi connectivity index (χ0n) is 13.8. The van der Waals surface area contributed by atoms with E-state index in [1.54, 1.807) is 18.4 Å². The van der Waals surface area contributed by atoms with Crippen molar-refractivity contribution in [3.8, 4) is 38.7 Å². The van der Waals surface area contributed by atoms with E-state index in [0.717, 1.165) is 22.7 Å². The molecular formula is C22H17NOS. The summed E-state index contributed by atoms with van der Waals surface area (Å²) in [6.45, 7) is 0. The molecule has 0 saturated carbocycles. The van der Waals surface area contributed by atoms with E-state index in [1.165, 1.54) is 16.0 Å². The third-order valence-electron chi connectivity index (χ3n) is 4.09. The van der Waals surface area contributed by atoms with Crippen LogP contribution in [0.3, 0.4) is 0 Å². The number of thiophene rings is 1. The molecule has 0 aliphatic heterocycles. The number of ether oxygens (including phenoxy) is 1. The van der Waals surface area contributed by atoms with Crippen molar-refractivity contribution in [2.75, 3.05) is 7.11 Å². The fourth-order valence-electron chi connectivity index (χ4n) is 2.79. The van der Waals surface area contributed by atoms with Crippen molar-refractivity contribution in [2.45, 2.75) is 0 Å². The number of hydrogen-bond donors (Lipinski definition) is 0. The lowest BCUT2D eigenvalue weighted by atomic mass is 10.0. The van der Waals surface area contributed by atoms with Crippen molar-refractivity contribution < 1.29 is 4.74 Å². The smallest absolute Gasteiger partial charge is 0.118 e. The van der Waals surface area contributed by atoms with Crippen molar-refractivity contribution in [1.29, 1.82) is 0 Å².